The van der Waals surface area contributed by atoms with Crippen LogP contribution in [0.5, 0.6) is 0 Å². The summed E-state index contributed by atoms with van der Waals surface area (Å²) in [7, 11) is 0. The van der Waals surface area contributed by atoms with Crippen LogP contribution < -0.4 is 5.32 Å². The van der Waals surface area contributed by atoms with Crippen molar-refractivity contribution < 1.29 is 9.59 Å². The number of amides is 2. The molecule has 0 radical (unpaired) electrons. The summed E-state index contributed by atoms with van der Waals surface area (Å²) in [5.74, 6) is 0.908. The molecule has 22 heavy (non-hydrogen) atoms. The van der Waals surface area contributed by atoms with Gasteiger partial charge in [-0.1, -0.05) is 6.07 Å². The highest BCUT2D eigenvalue weighted by Crippen LogP contribution is 2.23. The van der Waals surface area contributed by atoms with Gasteiger partial charge in [0.05, 0.1) is 5.92 Å². The fourth-order valence-electron chi connectivity index (χ4n) is 3.41. The number of likely N-dealkylation sites (tertiary alicyclic amines) is 1. The van der Waals surface area contributed by atoms with E-state index < -0.39 is 0 Å². The zero-order valence-electron chi connectivity index (χ0n) is 12.8. The summed E-state index contributed by atoms with van der Waals surface area (Å²) in [6.45, 7) is 2.19. The first-order valence-corrected chi connectivity index (χ1v) is 8.17. The van der Waals surface area contributed by atoms with E-state index in [2.05, 4.69) is 16.4 Å². The van der Waals surface area contributed by atoms with Gasteiger partial charge in [0.1, 0.15) is 0 Å². The van der Waals surface area contributed by atoms with Crippen LogP contribution in [0.25, 0.3) is 0 Å². The third kappa shape index (κ3) is 3.64. The standard InChI is InChI=1S/C17H23N3O2/c21-16-4-3-15(12-19-16)17(22)20-8-5-13(6-9-20)10-14-2-1-7-18-11-14/h1-2,7,11,13,15H,3-6,8-10,12H2,(H,19,21)/t15-/m1/s1. The maximum atomic E-state index is 12.5. The predicted octanol–water partition coefficient (Wildman–Crippen LogP) is 1.39. The molecule has 2 fully saturated rings. The van der Waals surface area contributed by atoms with Crippen LogP contribution in [-0.4, -0.2) is 41.3 Å². The second-order valence-corrected chi connectivity index (χ2v) is 6.37. The number of nitrogens with zero attached hydrogens (tertiary/aromatic N) is 2. The molecule has 1 aromatic heterocycles. The topological polar surface area (TPSA) is 62.3 Å². The summed E-state index contributed by atoms with van der Waals surface area (Å²) in [4.78, 5) is 29.8. The van der Waals surface area contributed by atoms with Crippen molar-refractivity contribution in [3.63, 3.8) is 0 Å². The number of piperidine rings is 2. The molecule has 3 rings (SSSR count). The molecule has 0 saturated carbocycles. The summed E-state index contributed by atoms with van der Waals surface area (Å²) in [5, 5.41) is 2.80. The number of hydrogen-bond acceptors (Lipinski definition) is 3. The minimum absolute atomic E-state index is 0.0208. The van der Waals surface area contributed by atoms with Crippen LogP contribution in [0.1, 0.15) is 31.2 Å². The number of hydrogen-bond donors (Lipinski definition) is 1. The van der Waals surface area contributed by atoms with Gasteiger partial charge in [0.2, 0.25) is 11.8 Å². The first kappa shape index (κ1) is 15.0. The molecular formula is C17H23N3O2. The second-order valence-electron chi connectivity index (χ2n) is 6.37. The number of rotatable bonds is 3. The fourth-order valence-corrected chi connectivity index (χ4v) is 3.41. The van der Waals surface area contributed by atoms with E-state index >= 15 is 0 Å². The Bertz CT molecular complexity index is 514. The molecule has 0 spiro atoms. The van der Waals surface area contributed by atoms with Gasteiger partial charge >= 0.3 is 0 Å². The molecule has 1 N–H and O–H groups in total. The molecule has 2 amide bonds. The molecule has 1 atom stereocenters. The van der Waals surface area contributed by atoms with Crippen molar-refractivity contribution in [1.29, 1.82) is 0 Å². The second kappa shape index (κ2) is 6.90. The summed E-state index contributed by atoms with van der Waals surface area (Å²) < 4.78 is 0. The normalized spacial score (nSPS) is 23.2. The van der Waals surface area contributed by atoms with Crippen molar-refractivity contribution in [1.82, 2.24) is 15.2 Å². The zero-order chi connectivity index (χ0) is 15.4. The molecule has 118 valence electrons. The Morgan fingerprint density at radius 3 is 2.77 bits per heavy atom. The Labute approximate surface area is 131 Å². The fraction of sp³-hybridized carbons (Fsp3) is 0.588. The molecular weight excluding hydrogens is 278 g/mol. The summed E-state index contributed by atoms with van der Waals surface area (Å²) >= 11 is 0. The van der Waals surface area contributed by atoms with Crippen molar-refractivity contribution in [2.24, 2.45) is 11.8 Å². The molecule has 5 nitrogen and oxygen atoms in total. The molecule has 5 heteroatoms. The molecule has 3 heterocycles. The number of aromatic nitrogens is 1. The van der Waals surface area contributed by atoms with Gasteiger partial charge in [-0.2, -0.15) is 0 Å². The lowest BCUT2D eigenvalue weighted by Gasteiger charge is -2.35. The van der Waals surface area contributed by atoms with E-state index in [9.17, 15) is 9.59 Å². The highest BCUT2D eigenvalue weighted by Gasteiger charge is 2.30. The van der Waals surface area contributed by atoms with Gasteiger partial charge in [-0.3, -0.25) is 14.6 Å². The summed E-state index contributed by atoms with van der Waals surface area (Å²) in [5.41, 5.74) is 1.28. The van der Waals surface area contributed by atoms with Crippen LogP contribution in [0, 0.1) is 11.8 Å². The molecule has 2 saturated heterocycles. The third-order valence-corrected chi connectivity index (χ3v) is 4.79. The Morgan fingerprint density at radius 1 is 1.32 bits per heavy atom. The van der Waals surface area contributed by atoms with E-state index in [0.717, 1.165) is 32.4 Å². The Balaban J connectivity index is 1.47. The summed E-state index contributed by atoms with van der Waals surface area (Å²) in [6.07, 6.45) is 8.07. The van der Waals surface area contributed by atoms with Crippen LogP contribution in [0.4, 0.5) is 0 Å². The van der Waals surface area contributed by atoms with E-state index in [0.29, 0.717) is 25.3 Å². The lowest BCUT2D eigenvalue weighted by molar-refractivity contribution is -0.138. The summed E-state index contributed by atoms with van der Waals surface area (Å²) in [6, 6.07) is 4.10. The maximum absolute atomic E-state index is 12.5. The van der Waals surface area contributed by atoms with E-state index in [1.807, 2.05) is 17.2 Å². The van der Waals surface area contributed by atoms with Gasteiger partial charge in [0.15, 0.2) is 0 Å². The van der Waals surface area contributed by atoms with Crippen molar-refractivity contribution in [3.05, 3.63) is 30.1 Å². The van der Waals surface area contributed by atoms with Gasteiger partial charge < -0.3 is 10.2 Å². The molecule has 0 aromatic carbocycles. The first-order valence-electron chi connectivity index (χ1n) is 8.17. The average Bonchev–Trinajstić information content (AvgIpc) is 2.57. The molecule has 1 aromatic rings. The van der Waals surface area contributed by atoms with E-state index in [4.69, 9.17) is 0 Å². The highest BCUT2D eigenvalue weighted by atomic mass is 16.2. The van der Waals surface area contributed by atoms with Gasteiger partial charge in [0.25, 0.3) is 0 Å². The van der Waals surface area contributed by atoms with Crippen molar-refractivity contribution >= 4 is 11.8 Å². The number of pyridine rings is 1. The van der Waals surface area contributed by atoms with E-state index in [1.54, 1.807) is 6.20 Å². The number of nitrogens with one attached hydrogen (secondary N) is 1. The molecule has 2 aliphatic heterocycles. The van der Waals surface area contributed by atoms with Crippen molar-refractivity contribution in [2.45, 2.75) is 32.1 Å². The Hall–Kier alpha value is -1.91. The molecule has 0 unspecified atom stereocenters. The minimum Gasteiger partial charge on any atom is -0.355 e. The van der Waals surface area contributed by atoms with Gasteiger partial charge in [0, 0.05) is 38.4 Å². The quantitative estimate of drug-likeness (QED) is 0.917. The van der Waals surface area contributed by atoms with Crippen LogP contribution in [0.3, 0.4) is 0 Å². The number of carbonyl (C=O) groups is 2. The number of carbonyl (C=O) groups excluding carboxylic acids is 2. The van der Waals surface area contributed by atoms with Gasteiger partial charge in [-0.25, -0.2) is 0 Å². The zero-order valence-corrected chi connectivity index (χ0v) is 12.8. The molecule has 0 bridgehead atoms. The van der Waals surface area contributed by atoms with Crippen LogP contribution in [-0.2, 0) is 16.0 Å². The smallest absolute Gasteiger partial charge is 0.227 e. The third-order valence-electron chi connectivity index (χ3n) is 4.79. The SMILES string of the molecule is O=C1CC[C@@H](C(=O)N2CCC(Cc3cccnc3)CC2)CN1. The lowest BCUT2D eigenvalue weighted by atomic mass is 9.89. The average molecular weight is 301 g/mol. The molecule has 0 aliphatic carbocycles. The van der Waals surface area contributed by atoms with Crippen LogP contribution in [0.2, 0.25) is 0 Å². The van der Waals surface area contributed by atoms with E-state index in [1.165, 1.54) is 5.56 Å². The van der Waals surface area contributed by atoms with Crippen molar-refractivity contribution in [3.8, 4) is 0 Å². The van der Waals surface area contributed by atoms with Crippen LogP contribution >= 0.6 is 0 Å². The Kier molecular flexibility index (Phi) is 4.71. The largest absolute Gasteiger partial charge is 0.355 e. The molecule has 2 aliphatic rings. The minimum atomic E-state index is -0.0208. The monoisotopic (exact) mass is 301 g/mol. The van der Waals surface area contributed by atoms with Gasteiger partial charge in [-0.05, 0) is 43.2 Å². The van der Waals surface area contributed by atoms with Crippen LogP contribution in [0.15, 0.2) is 24.5 Å². The predicted molar refractivity (Wildman–Crippen MR) is 83.0 cm³/mol. The van der Waals surface area contributed by atoms with E-state index in [-0.39, 0.29) is 17.7 Å². The highest BCUT2D eigenvalue weighted by molar-refractivity contribution is 5.83. The maximum Gasteiger partial charge on any atom is 0.227 e. The lowest BCUT2D eigenvalue weighted by Crippen LogP contribution is -2.47. The first-order chi connectivity index (χ1) is 10.7. The Morgan fingerprint density at radius 2 is 2.14 bits per heavy atom. The van der Waals surface area contributed by atoms with Gasteiger partial charge in [-0.15, -0.1) is 0 Å². The van der Waals surface area contributed by atoms with Crippen molar-refractivity contribution in [2.75, 3.05) is 19.6 Å².